The molecule has 1 aromatic rings. The van der Waals surface area contributed by atoms with E-state index in [2.05, 4.69) is 31.1 Å². The number of methoxy groups -OCH3 is 1. The lowest BCUT2D eigenvalue weighted by Crippen LogP contribution is -2.45. The largest absolute Gasteiger partial charge is 0.398 e. The molecule has 2 atom stereocenters. The molecule has 0 bridgehead atoms. The molecular weight excluding hydrogens is 238 g/mol. The number of anilines is 1. The molecule has 2 unspecified atom stereocenters. The summed E-state index contributed by atoms with van der Waals surface area (Å²) in [5.41, 5.74) is 7.89. The van der Waals surface area contributed by atoms with Crippen LogP contribution >= 0.6 is 0 Å². The summed E-state index contributed by atoms with van der Waals surface area (Å²) in [4.78, 5) is 4.16. The Labute approximate surface area is 116 Å². The van der Waals surface area contributed by atoms with Crippen LogP contribution in [0.2, 0.25) is 0 Å². The Morgan fingerprint density at radius 1 is 1.42 bits per heavy atom. The number of nitrogens with one attached hydrogen (secondary N) is 1. The zero-order chi connectivity index (χ0) is 14.3. The minimum absolute atomic E-state index is 0.172. The molecule has 0 aliphatic carbocycles. The summed E-state index contributed by atoms with van der Waals surface area (Å²) in [6.07, 6.45) is 5.70. The SMILES string of the molecule is CCCNC(Cc1cnccc1N)C(OC)C(C)C. The summed E-state index contributed by atoms with van der Waals surface area (Å²) >= 11 is 0. The lowest BCUT2D eigenvalue weighted by atomic mass is 9.93. The zero-order valence-electron chi connectivity index (χ0n) is 12.5. The van der Waals surface area contributed by atoms with E-state index >= 15 is 0 Å². The van der Waals surface area contributed by atoms with Crippen molar-refractivity contribution in [1.29, 1.82) is 0 Å². The van der Waals surface area contributed by atoms with E-state index < -0.39 is 0 Å². The summed E-state index contributed by atoms with van der Waals surface area (Å²) < 4.78 is 5.66. The highest BCUT2D eigenvalue weighted by molar-refractivity contribution is 5.44. The van der Waals surface area contributed by atoms with Crippen LogP contribution in [0, 0.1) is 5.92 Å². The molecule has 0 aliphatic heterocycles. The molecule has 108 valence electrons. The van der Waals surface area contributed by atoms with Crippen molar-refractivity contribution in [3.8, 4) is 0 Å². The van der Waals surface area contributed by atoms with Crippen LogP contribution < -0.4 is 11.1 Å². The number of nitrogens with zero attached hydrogens (tertiary/aromatic N) is 1. The van der Waals surface area contributed by atoms with Crippen molar-refractivity contribution in [1.82, 2.24) is 10.3 Å². The summed E-state index contributed by atoms with van der Waals surface area (Å²) in [5.74, 6) is 0.456. The van der Waals surface area contributed by atoms with Crippen LogP contribution in [0.1, 0.15) is 32.8 Å². The summed E-state index contributed by atoms with van der Waals surface area (Å²) in [5, 5.41) is 3.57. The van der Waals surface area contributed by atoms with Gasteiger partial charge in [0.25, 0.3) is 0 Å². The van der Waals surface area contributed by atoms with Crippen LogP contribution in [-0.4, -0.2) is 30.8 Å². The van der Waals surface area contributed by atoms with E-state index in [-0.39, 0.29) is 12.1 Å². The zero-order valence-corrected chi connectivity index (χ0v) is 12.5. The van der Waals surface area contributed by atoms with E-state index in [0.717, 1.165) is 30.6 Å². The highest BCUT2D eigenvalue weighted by atomic mass is 16.5. The van der Waals surface area contributed by atoms with Gasteiger partial charge in [-0.25, -0.2) is 0 Å². The first kappa shape index (κ1) is 15.9. The molecule has 1 aromatic heterocycles. The van der Waals surface area contributed by atoms with Crippen LogP contribution in [0.3, 0.4) is 0 Å². The van der Waals surface area contributed by atoms with E-state index in [1.54, 1.807) is 13.3 Å². The van der Waals surface area contributed by atoms with Gasteiger partial charge in [0.05, 0.1) is 6.10 Å². The maximum Gasteiger partial charge on any atom is 0.0750 e. The predicted molar refractivity (Wildman–Crippen MR) is 80.1 cm³/mol. The molecule has 0 amide bonds. The maximum atomic E-state index is 6.01. The number of pyridine rings is 1. The summed E-state index contributed by atoms with van der Waals surface area (Å²) in [6.45, 7) is 7.51. The van der Waals surface area contributed by atoms with Crippen molar-refractivity contribution in [2.24, 2.45) is 5.92 Å². The molecule has 0 saturated heterocycles. The average molecular weight is 265 g/mol. The summed E-state index contributed by atoms with van der Waals surface area (Å²) in [6, 6.07) is 2.11. The maximum absolute atomic E-state index is 6.01. The van der Waals surface area contributed by atoms with Gasteiger partial charge in [0.1, 0.15) is 0 Å². The van der Waals surface area contributed by atoms with Gasteiger partial charge in [-0.2, -0.15) is 0 Å². The fraction of sp³-hybridized carbons (Fsp3) is 0.667. The molecule has 0 fully saturated rings. The Kier molecular flexibility index (Phi) is 6.81. The number of hydrogen-bond acceptors (Lipinski definition) is 4. The quantitative estimate of drug-likeness (QED) is 0.757. The third-order valence-electron chi connectivity index (χ3n) is 3.36. The third-order valence-corrected chi connectivity index (χ3v) is 3.36. The van der Waals surface area contributed by atoms with Gasteiger partial charge in [0.2, 0.25) is 0 Å². The number of hydrogen-bond donors (Lipinski definition) is 2. The van der Waals surface area contributed by atoms with Gasteiger partial charge in [-0.3, -0.25) is 4.98 Å². The minimum Gasteiger partial charge on any atom is -0.398 e. The molecule has 4 nitrogen and oxygen atoms in total. The van der Waals surface area contributed by atoms with E-state index in [1.807, 2.05) is 12.3 Å². The Bertz CT molecular complexity index is 368. The second-order valence-corrected chi connectivity index (χ2v) is 5.28. The molecule has 0 aromatic carbocycles. The molecule has 0 aliphatic rings. The molecule has 1 rings (SSSR count). The first-order valence-electron chi connectivity index (χ1n) is 7.04. The predicted octanol–water partition coefficient (Wildman–Crippen LogP) is 2.25. The normalized spacial score (nSPS) is 14.6. The number of rotatable bonds is 8. The monoisotopic (exact) mass is 265 g/mol. The second-order valence-electron chi connectivity index (χ2n) is 5.28. The van der Waals surface area contributed by atoms with Crippen molar-refractivity contribution < 1.29 is 4.74 Å². The molecule has 0 saturated carbocycles. The Morgan fingerprint density at radius 2 is 2.16 bits per heavy atom. The lowest BCUT2D eigenvalue weighted by molar-refractivity contribution is 0.0333. The van der Waals surface area contributed by atoms with Crippen molar-refractivity contribution in [2.45, 2.75) is 45.8 Å². The fourth-order valence-corrected chi connectivity index (χ4v) is 2.38. The molecular formula is C15H27N3O. The van der Waals surface area contributed by atoms with Gasteiger partial charge in [-0.05, 0) is 36.9 Å². The highest BCUT2D eigenvalue weighted by Gasteiger charge is 2.24. The van der Waals surface area contributed by atoms with Gasteiger partial charge < -0.3 is 15.8 Å². The Balaban J connectivity index is 2.82. The van der Waals surface area contributed by atoms with Crippen LogP contribution in [0.25, 0.3) is 0 Å². The number of aromatic nitrogens is 1. The summed E-state index contributed by atoms with van der Waals surface area (Å²) in [7, 11) is 1.78. The van der Waals surface area contributed by atoms with Crippen LogP contribution in [0.15, 0.2) is 18.5 Å². The van der Waals surface area contributed by atoms with Gasteiger partial charge in [0, 0.05) is 31.2 Å². The van der Waals surface area contributed by atoms with Gasteiger partial charge in [0.15, 0.2) is 0 Å². The van der Waals surface area contributed by atoms with Crippen LogP contribution in [0.5, 0.6) is 0 Å². The fourth-order valence-electron chi connectivity index (χ4n) is 2.38. The molecule has 3 N–H and O–H groups in total. The minimum atomic E-state index is 0.172. The van der Waals surface area contributed by atoms with Crippen LogP contribution in [-0.2, 0) is 11.2 Å². The first-order chi connectivity index (χ1) is 9.10. The van der Waals surface area contributed by atoms with Crippen molar-refractivity contribution in [3.63, 3.8) is 0 Å². The van der Waals surface area contributed by atoms with Crippen molar-refractivity contribution in [3.05, 3.63) is 24.0 Å². The van der Waals surface area contributed by atoms with Gasteiger partial charge in [-0.1, -0.05) is 20.8 Å². The van der Waals surface area contributed by atoms with E-state index in [9.17, 15) is 0 Å². The number of nitrogens with two attached hydrogens (primary N) is 1. The number of nitrogen functional groups attached to an aromatic ring is 1. The molecule has 0 spiro atoms. The first-order valence-corrected chi connectivity index (χ1v) is 7.04. The van der Waals surface area contributed by atoms with Crippen LogP contribution in [0.4, 0.5) is 5.69 Å². The van der Waals surface area contributed by atoms with Gasteiger partial charge >= 0.3 is 0 Å². The average Bonchev–Trinajstić information content (AvgIpc) is 2.38. The smallest absolute Gasteiger partial charge is 0.0750 e. The topological polar surface area (TPSA) is 60.2 Å². The van der Waals surface area contributed by atoms with Crippen molar-refractivity contribution >= 4 is 5.69 Å². The standard InChI is InChI=1S/C15H27N3O/c1-5-7-18-14(15(19-4)11(2)3)9-12-10-17-8-6-13(12)16/h6,8,10-11,14-15,18H,5,7,9H2,1-4H3,(H2,16,17). The Morgan fingerprint density at radius 3 is 2.68 bits per heavy atom. The van der Waals surface area contributed by atoms with E-state index in [0.29, 0.717) is 5.92 Å². The molecule has 0 radical (unpaired) electrons. The van der Waals surface area contributed by atoms with Gasteiger partial charge in [-0.15, -0.1) is 0 Å². The lowest BCUT2D eigenvalue weighted by Gasteiger charge is -2.30. The number of ether oxygens (including phenoxy) is 1. The van der Waals surface area contributed by atoms with E-state index in [1.165, 1.54) is 0 Å². The third kappa shape index (κ3) is 4.80. The van der Waals surface area contributed by atoms with Crippen molar-refractivity contribution in [2.75, 3.05) is 19.4 Å². The molecule has 4 heteroatoms. The Hall–Kier alpha value is -1.13. The highest BCUT2D eigenvalue weighted by Crippen LogP contribution is 2.18. The van der Waals surface area contributed by atoms with E-state index in [4.69, 9.17) is 10.5 Å². The second kappa shape index (κ2) is 8.12. The molecule has 1 heterocycles. The molecule has 19 heavy (non-hydrogen) atoms.